The van der Waals surface area contributed by atoms with Crippen LogP contribution in [0.4, 0.5) is 5.13 Å². The number of methoxy groups -OCH3 is 1. The highest BCUT2D eigenvalue weighted by molar-refractivity contribution is 7.13. The average Bonchev–Trinajstić information content (AvgIpc) is 2.76. The van der Waals surface area contributed by atoms with Crippen molar-refractivity contribution in [2.45, 2.75) is 13.8 Å². The van der Waals surface area contributed by atoms with E-state index in [-0.39, 0.29) is 5.97 Å². The third-order valence-corrected chi connectivity index (χ3v) is 2.84. The van der Waals surface area contributed by atoms with Crippen LogP contribution in [0, 0.1) is 5.92 Å². The second kappa shape index (κ2) is 7.24. The first kappa shape index (κ1) is 13.9. The van der Waals surface area contributed by atoms with Crippen LogP contribution < -0.4 is 5.32 Å². The Morgan fingerprint density at radius 1 is 1.65 bits per heavy atom. The minimum atomic E-state index is -0.373. The highest BCUT2D eigenvalue weighted by Gasteiger charge is 2.11. The number of carbonyl (C=O) groups excluding carboxylic acids is 1. The molecule has 1 aromatic heterocycles. The van der Waals surface area contributed by atoms with Crippen molar-refractivity contribution >= 4 is 22.4 Å². The van der Waals surface area contributed by atoms with Crippen LogP contribution in [0.1, 0.15) is 24.3 Å². The van der Waals surface area contributed by atoms with Gasteiger partial charge in [-0.15, -0.1) is 11.3 Å². The zero-order chi connectivity index (χ0) is 12.7. The van der Waals surface area contributed by atoms with Crippen LogP contribution in [0.25, 0.3) is 0 Å². The van der Waals surface area contributed by atoms with Crippen molar-refractivity contribution in [3.8, 4) is 0 Å². The maximum absolute atomic E-state index is 11.4. The molecule has 0 aliphatic rings. The van der Waals surface area contributed by atoms with Gasteiger partial charge in [0.2, 0.25) is 0 Å². The molecule has 0 aromatic carbocycles. The van der Waals surface area contributed by atoms with E-state index >= 15 is 0 Å². The standard InChI is InChI=1S/C11H18N2O3S/c1-4-16-10(14)9-7-17-11(13-9)12-5-8(2)6-15-3/h7-8H,4-6H2,1-3H3,(H,12,13). The Labute approximate surface area is 105 Å². The lowest BCUT2D eigenvalue weighted by Gasteiger charge is -2.09. The van der Waals surface area contributed by atoms with E-state index in [4.69, 9.17) is 9.47 Å². The predicted octanol–water partition coefficient (Wildman–Crippen LogP) is 2.01. The van der Waals surface area contributed by atoms with Crippen molar-refractivity contribution in [1.82, 2.24) is 4.98 Å². The summed E-state index contributed by atoms with van der Waals surface area (Å²) in [4.78, 5) is 15.5. The van der Waals surface area contributed by atoms with E-state index in [1.54, 1.807) is 19.4 Å². The molecule has 1 N–H and O–H groups in total. The van der Waals surface area contributed by atoms with Crippen molar-refractivity contribution in [3.05, 3.63) is 11.1 Å². The molecule has 0 aliphatic carbocycles. The molecule has 6 heteroatoms. The normalized spacial score (nSPS) is 12.2. The highest BCUT2D eigenvalue weighted by Crippen LogP contribution is 2.16. The van der Waals surface area contributed by atoms with E-state index in [0.717, 1.165) is 11.7 Å². The third-order valence-electron chi connectivity index (χ3n) is 2.04. The van der Waals surface area contributed by atoms with E-state index < -0.39 is 0 Å². The smallest absolute Gasteiger partial charge is 0.357 e. The molecule has 0 saturated carbocycles. The van der Waals surface area contributed by atoms with Gasteiger partial charge in [-0.2, -0.15) is 0 Å². The fraction of sp³-hybridized carbons (Fsp3) is 0.636. The van der Waals surface area contributed by atoms with E-state index in [0.29, 0.717) is 24.8 Å². The van der Waals surface area contributed by atoms with Crippen LogP contribution >= 0.6 is 11.3 Å². The zero-order valence-electron chi connectivity index (χ0n) is 10.4. The van der Waals surface area contributed by atoms with E-state index in [1.165, 1.54) is 11.3 Å². The molecule has 17 heavy (non-hydrogen) atoms. The molecule has 0 saturated heterocycles. The molecule has 5 nitrogen and oxygen atoms in total. The minimum absolute atomic E-state index is 0.360. The van der Waals surface area contributed by atoms with Gasteiger partial charge in [0.15, 0.2) is 10.8 Å². The van der Waals surface area contributed by atoms with Gasteiger partial charge in [0.1, 0.15) is 0 Å². The SMILES string of the molecule is CCOC(=O)c1csc(NCC(C)COC)n1. The van der Waals surface area contributed by atoms with E-state index in [9.17, 15) is 4.79 Å². The van der Waals surface area contributed by atoms with Gasteiger partial charge >= 0.3 is 5.97 Å². The summed E-state index contributed by atoms with van der Waals surface area (Å²) in [7, 11) is 1.68. The summed E-state index contributed by atoms with van der Waals surface area (Å²) in [6.45, 7) is 5.68. The number of aromatic nitrogens is 1. The number of thiazole rings is 1. The van der Waals surface area contributed by atoms with Gasteiger partial charge in [-0.25, -0.2) is 9.78 Å². The number of ether oxygens (including phenoxy) is 2. The summed E-state index contributed by atoms with van der Waals surface area (Å²) in [5.74, 6) is 0.0247. The second-order valence-corrected chi connectivity index (χ2v) is 4.56. The molecule has 1 atom stereocenters. The van der Waals surface area contributed by atoms with Crippen LogP contribution in [0.5, 0.6) is 0 Å². The number of rotatable bonds is 7. The topological polar surface area (TPSA) is 60.5 Å². The molecule has 0 radical (unpaired) electrons. The molecule has 96 valence electrons. The molecule has 0 amide bonds. The highest BCUT2D eigenvalue weighted by atomic mass is 32.1. The quantitative estimate of drug-likeness (QED) is 0.758. The summed E-state index contributed by atoms with van der Waals surface area (Å²) in [5.41, 5.74) is 0.360. The van der Waals surface area contributed by atoms with Crippen LogP contribution in [-0.2, 0) is 9.47 Å². The number of nitrogens with zero attached hydrogens (tertiary/aromatic N) is 1. The second-order valence-electron chi connectivity index (χ2n) is 3.70. The summed E-state index contributed by atoms with van der Waals surface area (Å²) in [5, 5.41) is 5.59. The molecule has 1 unspecified atom stereocenters. The van der Waals surface area contributed by atoms with Gasteiger partial charge in [-0.1, -0.05) is 6.92 Å². The largest absolute Gasteiger partial charge is 0.461 e. The molecule has 1 rings (SSSR count). The summed E-state index contributed by atoms with van der Waals surface area (Å²) < 4.78 is 9.90. The van der Waals surface area contributed by atoms with Gasteiger partial charge in [0, 0.05) is 19.0 Å². The average molecular weight is 258 g/mol. The van der Waals surface area contributed by atoms with Crippen molar-refractivity contribution in [1.29, 1.82) is 0 Å². The Balaban J connectivity index is 2.43. The number of carbonyl (C=O) groups is 1. The lowest BCUT2D eigenvalue weighted by molar-refractivity contribution is 0.0520. The van der Waals surface area contributed by atoms with E-state index in [2.05, 4.69) is 17.2 Å². The fourth-order valence-electron chi connectivity index (χ4n) is 1.26. The monoisotopic (exact) mass is 258 g/mol. The fourth-order valence-corrected chi connectivity index (χ4v) is 1.95. The molecule has 0 bridgehead atoms. The Hall–Kier alpha value is -1.14. The van der Waals surface area contributed by atoms with Gasteiger partial charge in [0.25, 0.3) is 0 Å². The predicted molar refractivity (Wildman–Crippen MR) is 67.6 cm³/mol. The van der Waals surface area contributed by atoms with Crippen molar-refractivity contribution < 1.29 is 14.3 Å². The first-order valence-corrected chi connectivity index (χ1v) is 6.40. The van der Waals surface area contributed by atoms with Crippen LogP contribution in [-0.4, -0.2) is 37.8 Å². The summed E-state index contributed by atoms with van der Waals surface area (Å²) >= 11 is 1.40. The molecule has 1 heterocycles. The van der Waals surface area contributed by atoms with Crippen molar-refractivity contribution in [2.75, 3.05) is 32.2 Å². The Bertz CT molecular complexity index is 354. The summed E-state index contributed by atoms with van der Waals surface area (Å²) in [6, 6.07) is 0. The lowest BCUT2D eigenvalue weighted by atomic mass is 10.2. The molecular formula is C11H18N2O3S. The Morgan fingerprint density at radius 2 is 2.41 bits per heavy atom. The Morgan fingerprint density at radius 3 is 3.06 bits per heavy atom. The number of nitrogens with one attached hydrogen (secondary N) is 1. The van der Waals surface area contributed by atoms with Gasteiger partial charge in [0.05, 0.1) is 13.2 Å². The molecule has 0 spiro atoms. The molecule has 0 aliphatic heterocycles. The van der Waals surface area contributed by atoms with Crippen molar-refractivity contribution in [2.24, 2.45) is 5.92 Å². The van der Waals surface area contributed by atoms with Crippen LogP contribution in [0.2, 0.25) is 0 Å². The third kappa shape index (κ3) is 4.70. The van der Waals surface area contributed by atoms with Gasteiger partial charge in [-0.05, 0) is 12.8 Å². The first-order valence-electron chi connectivity index (χ1n) is 5.52. The number of hydrogen-bond acceptors (Lipinski definition) is 6. The number of hydrogen-bond donors (Lipinski definition) is 1. The lowest BCUT2D eigenvalue weighted by Crippen LogP contribution is -2.15. The molecule has 1 aromatic rings. The van der Waals surface area contributed by atoms with Crippen LogP contribution in [0.3, 0.4) is 0 Å². The van der Waals surface area contributed by atoms with E-state index in [1.807, 2.05) is 0 Å². The van der Waals surface area contributed by atoms with Crippen molar-refractivity contribution in [3.63, 3.8) is 0 Å². The number of anilines is 1. The van der Waals surface area contributed by atoms with Gasteiger partial charge in [-0.3, -0.25) is 0 Å². The van der Waals surface area contributed by atoms with Crippen LogP contribution in [0.15, 0.2) is 5.38 Å². The maximum Gasteiger partial charge on any atom is 0.357 e. The number of esters is 1. The zero-order valence-corrected chi connectivity index (χ0v) is 11.2. The van der Waals surface area contributed by atoms with Gasteiger partial charge < -0.3 is 14.8 Å². The molecule has 0 fully saturated rings. The minimum Gasteiger partial charge on any atom is -0.461 e. The Kier molecular flexibility index (Phi) is 5.93. The first-order chi connectivity index (χ1) is 8.17. The maximum atomic E-state index is 11.4. The summed E-state index contributed by atoms with van der Waals surface area (Å²) in [6.07, 6.45) is 0. The molecular weight excluding hydrogens is 240 g/mol.